The summed E-state index contributed by atoms with van der Waals surface area (Å²) in [6.07, 6.45) is 2.26. The first kappa shape index (κ1) is 18.2. The van der Waals surface area contributed by atoms with E-state index in [0.29, 0.717) is 18.0 Å². The van der Waals surface area contributed by atoms with Gasteiger partial charge in [-0.05, 0) is 42.5 Å². The molecule has 1 heterocycles. The average Bonchev–Trinajstić information content (AvgIpc) is 2.57. The Morgan fingerprint density at radius 1 is 1.17 bits per heavy atom. The van der Waals surface area contributed by atoms with Crippen molar-refractivity contribution in [1.82, 2.24) is 9.78 Å². The highest BCUT2D eigenvalue weighted by Gasteiger charge is 2.16. The van der Waals surface area contributed by atoms with Crippen LogP contribution in [0.5, 0.6) is 0 Å². The maximum absolute atomic E-state index is 12.6. The summed E-state index contributed by atoms with van der Waals surface area (Å²) in [4.78, 5) is 24.3. The Bertz CT molecular complexity index is 799. The van der Waals surface area contributed by atoms with E-state index in [1.807, 2.05) is 32.9 Å². The SMILES string of the molecule is CCCn1nc(C(=O)Nc2c(CC)ccc(Cl)c2CC)ccc1=O. The van der Waals surface area contributed by atoms with E-state index in [-0.39, 0.29) is 17.2 Å². The second-order valence-corrected chi connectivity index (χ2v) is 5.91. The molecular weight excluding hydrogens is 326 g/mol. The lowest BCUT2D eigenvalue weighted by Gasteiger charge is -2.16. The summed E-state index contributed by atoms with van der Waals surface area (Å²) >= 11 is 6.26. The molecule has 0 unspecified atom stereocenters. The van der Waals surface area contributed by atoms with Gasteiger partial charge in [-0.15, -0.1) is 0 Å². The number of carbonyl (C=O) groups excluding carboxylic acids is 1. The van der Waals surface area contributed by atoms with Crippen LogP contribution in [0.1, 0.15) is 48.8 Å². The minimum absolute atomic E-state index is 0.209. The third-order valence-corrected chi connectivity index (χ3v) is 4.20. The predicted molar refractivity (Wildman–Crippen MR) is 96.9 cm³/mol. The van der Waals surface area contributed by atoms with Crippen LogP contribution in [0.4, 0.5) is 5.69 Å². The average molecular weight is 348 g/mol. The normalized spacial score (nSPS) is 10.7. The van der Waals surface area contributed by atoms with E-state index in [9.17, 15) is 9.59 Å². The number of hydrogen-bond donors (Lipinski definition) is 1. The van der Waals surface area contributed by atoms with E-state index >= 15 is 0 Å². The molecule has 128 valence electrons. The first-order chi connectivity index (χ1) is 11.5. The molecule has 5 nitrogen and oxygen atoms in total. The van der Waals surface area contributed by atoms with Gasteiger partial charge in [0.25, 0.3) is 11.5 Å². The topological polar surface area (TPSA) is 64.0 Å². The number of benzene rings is 1. The van der Waals surface area contributed by atoms with E-state index in [1.54, 1.807) is 0 Å². The van der Waals surface area contributed by atoms with Crippen LogP contribution in [0.25, 0.3) is 0 Å². The Hall–Kier alpha value is -2.14. The van der Waals surface area contributed by atoms with Crippen molar-refractivity contribution in [3.63, 3.8) is 0 Å². The van der Waals surface area contributed by atoms with Gasteiger partial charge >= 0.3 is 0 Å². The highest BCUT2D eigenvalue weighted by atomic mass is 35.5. The number of amides is 1. The zero-order chi connectivity index (χ0) is 17.7. The number of nitrogens with one attached hydrogen (secondary N) is 1. The van der Waals surface area contributed by atoms with Gasteiger partial charge < -0.3 is 5.32 Å². The molecule has 24 heavy (non-hydrogen) atoms. The second kappa shape index (κ2) is 8.11. The van der Waals surface area contributed by atoms with Gasteiger partial charge in [0.1, 0.15) is 5.69 Å². The Kier molecular flexibility index (Phi) is 6.15. The van der Waals surface area contributed by atoms with Crippen molar-refractivity contribution < 1.29 is 4.79 Å². The van der Waals surface area contributed by atoms with Gasteiger partial charge in [-0.25, -0.2) is 4.68 Å². The lowest BCUT2D eigenvalue weighted by Crippen LogP contribution is -2.26. The van der Waals surface area contributed by atoms with Gasteiger partial charge in [0, 0.05) is 23.3 Å². The molecule has 0 aliphatic rings. The van der Waals surface area contributed by atoms with Crippen LogP contribution in [0.2, 0.25) is 5.02 Å². The van der Waals surface area contributed by atoms with Crippen LogP contribution >= 0.6 is 11.6 Å². The Balaban J connectivity index is 2.38. The quantitative estimate of drug-likeness (QED) is 0.866. The monoisotopic (exact) mass is 347 g/mol. The summed E-state index contributed by atoms with van der Waals surface area (Å²) in [6, 6.07) is 6.60. The summed E-state index contributed by atoms with van der Waals surface area (Å²) in [7, 11) is 0. The first-order valence-corrected chi connectivity index (χ1v) is 8.59. The number of carbonyl (C=O) groups is 1. The van der Waals surface area contributed by atoms with Crippen molar-refractivity contribution in [2.75, 3.05) is 5.32 Å². The summed E-state index contributed by atoms with van der Waals surface area (Å²) in [6.45, 7) is 6.46. The molecule has 0 atom stereocenters. The van der Waals surface area contributed by atoms with E-state index < -0.39 is 0 Å². The maximum Gasteiger partial charge on any atom is 0.276 e. The van der Waals surface area contributed by atoms with E-state index in [1.165, 1.54) is 16.8 Å². The molecule has 6 heteroatoms. The van der Waals surface area contributed by atoms with Gasteiger partial charge in [-0.1, -0.05) is 38.4 Å². The highest BCUT2D eigenvalue weighted by molar-refractivity contribution is 6.32. The largest absolute Gasteiger partial charge is 0.320 e. The summed E-state index contributed by atoms with van der Waals surface area (Å²) in [5.41, 5.74) is 2.68. The number of aryl methyl sites for hydroxylation is 2. The van der Waals surface area contributed by atoms with E-state index in [4.69, 9.17) is 11.6 Å². The molecule has 1 aromatic carbocycles. The molecule has 1 aromatic heterocycles. The van der Waals surface area contributed by atoms with Crippen molar-refractivity contribution in [3.05, 3.63) is 56.5 Å². The van der Waals surface area contributed by atoms with Gasteiger partial charge in [0.2, 0.25) is 0 Å². The summed E-state index contributed by atoms with van der Waals surface area (Å²) < 4.78 is 1.31. The molecule has 0 aliphatic heterocycles. The molecule has 0 fully saturated rings. The van der Waals surface area contributed by atoms with E-state index in [0.717, 1.165) is 29.7 Å². The molecule has 2 aromatic rings. The Morgan fingerprint density at radius 3 is 2.54 bits per heavy atom. The number of anilines is 1. The highest BCUT2D eigenvalue weighted by Crippen LogP contribution is 2.29. The number of halogens is 1. The predicted octanol–water partition coefficient (Wildman–Crippen LogP) is 3.68. The molecule has 0 saturated heterocycles. The third kappa shape index (κ3) is 3.85. The fraction of sp³-hybridized carbons (Fsp3) is 0.389. The summed E-state index contributed by atoms with van der Waals surface area (Å²) in [5, 5.41) is 7.71. The first-order valence-electron chi connectivity index (χ1n) is 8.21. The van der Waals surface area contributed by atoms with Gasteiger partial charge in [-0.3, -0.25) is 9.59 Å². The molecule has 0 radical (unpaired) electrons. The molecule has 1 amide bonds. The maximum atomic E-state index is 12.6. The Labute approximate surface area is 146 Å². The second-order valence-electron chi connectivity index (χ2n) is 5.50. The molecule has 0 saturated carbocycles. The number of hydrogen-bond acceptors (Lipinski definition) is 3. The van der Waals surface area contributed by atoms with Crippen LogP contribution in [0.15, 0.2) is 29.1 Å². The van der Waals surface area contributed by atoms with Crippen LogP contribution in [0.3, 0.4) is 0 Å². The lowest BCUT2D eigenvalue weighted by atomic mass is 10.0. The van der Waals surface area contributed by atoms with Crippen molar-refractivity contribution in [3.8, 4) is 0 Å². The van der Waals surface area contributed by atoms with Crippen molar-refractivity contribution in [2.45, 2.75) is 46.6 Å². The summed E-state index contributed by atoms with van der Waals surface area (Å²) in [5.74, 6) is -0.341. The van der Waals surface area contributed by atoms with Crippen LogP contribution < -0.4 is 10.9 Å². The van der Waals surface area contributed by atoms with Crippen molar-refractivity contribution in [2.24, 2.45) is 0 Å². The molecule has 2 rings (SSSR count). The molecule has 1 N–H and O–H groups in total. The number of aromatic nitrogens is 2. The Morgan fingerprint density at radius 2 is 1.92 bits per heavy atom. The molecule has 0 bridgehead atoms. The van der Waals surface area contributed by atoms with Gasteiger partial charge in [-0.2, -0.15) is 5.10 Å². The number of rotatable bonds is 6. The number of nitrogens with zero attached hydrogens (tertiary/aromatic N) is 2. The van der Waals surface area contributed by atoms with Gasteiger partial charge in [0.15, 0.2) is 0 Å². The minimum atomic E-state index is -0.341. The molecular formula is C18H22ClN3O2. The fourth-order valence-corrected chi connectivity index (χ4v) is 2.88. The van der Waals surface area contributed by atoms with Crippen LogP contribution in [-0.4, -0.2) is 15.7 Å². The lowest BCUT2D eigenvalue weighted by molar-refractivity contribution is 0.101. The third-order valence-electron chi connectivity index (χ3n) is 3.85. The van der Waals surface area contributed by atoms with Gasteiger partial charge in [0.05, 0.1) is 0 Å². The fourth-order valence-electron chi connectivity index (χ4n) is 2.59. The van der Waals surface area contributed by atoms with E-state index in [2.05, 4.69) is 10.4 Å². The van der Waals surface area contributed by atoms with Crippen LogP contribution in [-0.2, 0) is 19.4 Å². The van der Waals surface area contributed by atoms with Crippen molar-refractivity contribution >= 4 is 23.2 Å². The molecule has 0 aliphatic carbocycles. The van der Waals surface area contributed by atoms with Crippen molar-refractivity contribution in [1.29, 1.82) is 0 Å². The minimum Gasteiger partial charge on any atom is -0.320 e. The smallest absolute Gasteiger partial charge is 0.276 e. The van der Waals surface area contributed by atoms with Crippen LogP contribution in [0, 0.1) is 0 Å². The zero-order valence-electron chi connectivity index (χ0n) is 14.2. The standard InChI is InChI=1S/C18H22ClN3O2/c1-4-11-22-16(23)10-9-15(21-22)18(24)20-17-12(5-2)7-8-14(19)13(17)6-3/h7-10H,4-6,11H2,1-3H3,(H,20,24). The molecule has 0 spiro atoms. The zero-order valence-corrected chi connectivity index (χ0v) is 15.0.